The second-order valence-electron chi connectivity index (χ2n) is 12.9. The molecule has 2 amide bonds. The third-order valence-corrected chi connectivity index (χ3v) is 7.91. The van der Waals surface area contributed by atoms with Gasteiger partial charge in [0.15, 0.2) is 0 Å². The zero-order valence-corrected chi connectivity index (χ0v) is 26.7. The Kier molecular flexibility index (Phi) is 9.96. The zero-order valence-electron chi connectivity index (χ0n) is 25.9. The number of likely N-dealkylation sites (tertiary alicyclic amines) is 1. The summed E-state index contributed by atoms with van der Waals surface area (Å²) in [6.45, 7) is 13.0. The molecule has 10 heteroatoms. The third kappa shape index (κ3) is 8.23. The number of likely N-dealkylation sites (N-methyl/N-ethyl adjacent to an activating group) is 1. The first-order valence-electron chi connectivity index (χ1n) is 14.7. The van der Waals surface area contributed by atoms with Crippen molar-refractivity contribution in [3.05, 3.63) is 70.3 Å². The van der Waals surface area contributed by atoms with Crippen LogP contribution >= 0.6 is 11.6 Å². The number of imidazole rings is 1. The van der Waals surface area contributed by atoms with E-state index in [2.05, 4.69) is 48.9 Å². The van der Waals surface area contributed by atoms with Crippen LogP contribution in [0.25, 0.3) is 11.0 Å². The summed E-state index contributed by atoms with van der Waals surface area (Å²) >= 11 is 6.03. The number of nitrogens with zero attached hydrogens (tertiary/aromatic N) is 4. The van der Waals surface area contributed by atoms with E-state index < -0.39 is 5.54 Å². The van der Waals surface area contributed by atoms with E-state index in [0.717, 1.165) is 36.0 Å². The van der Waals surface area contributed by atoms with Crippen molar-refractivity contribution in [3.63, 3.8) is 0 Å². The number of rotatable bonds is 10. The molecule has 3 N–H and O–H groups in total. The lowest BCUT2D eigenvalue weighted by molar-refractivity contribution is -0.127. The van der Waals surface area contributed by atoms with Crippen LogP contribution in [-0.4, -0.2) is 58.0 Å². The monoisotopic (exact) mass is 603 g/mol. The Morgan fingerprint density at radius 3 is 2.51 bits per heavy atom. The first-order valence-corrected chi connectivity index (χ1v) is 15.1. The molecule has 0 bridgehead atoms. The number of aromatic nitrogens is 2. The lowest BCUT2D eigenvalue weighted by atomic mass is 9.97. The van der Waals surface area contributed by atoms with Crippen molar-refractivity contribution in [2.45, 2.75) is 72.1 Å². The van der Waals surface area contributed by atoms with Gasteiger partial charge in [-0.05, 0) is 87.2 Å². The van der Waals surface area contributed by atoms with Crippen LogP contribution in [-0.2, 0) is 17.9 Å². The van der Waals surface area contributed by atoms with Crippen LogP contribution in [0.15, 0.2) is 54.1 Å². The Bertz CT molecular complexity index is 1540. The molecule has 3 aromatic rings. The summed E-state index contributed by atoms with van der Waals surface area (Å²) in [7, 11) is 1.80. The van der Waals surface area contributed by atoms with E-state index in [1.165, 1.54) is 0 Å². The molecule has 1 atom stereocenters. The first-order chi connectivity index (χ1) is 20.3. The lowest BCUT2D eigenvalue weighted by Crippen LogP contribution is -2.40. The SMILES string of the molecule is CNC(C)(C)/C=C(\C#N)C(=O)N1CCCC1Cn1c(NC(=O)c2ccc(Cl)cc2)nc2cc(CNCC(C)(C)C)ccc21. The van der Waals surface area contributed by atoms with Gasteiger partial charge in [0, 0.05) is 42.3 Å². The van der Waals surface area contributed by atoms with Gasteiger partial charge in [-0.2, -0.15) is 5.26 Å². The van der Waals surface area contributed by atoms with Crippen molar-refractivity contribution >= 4 is 40.4 Å². The third-order valence-electron chi connectivity index (χ3n) is 7.66. The fourth-order valence-corrected chi connectivity index (χ4v) is 5.28. The summed E-state index contributed by atoms with van der Waals surface area (Å²) in [5.74, 6) is -0.179. The van der Waals surface area contributed by atoms with Crippen LogP contribution in [0.2, 0.25) is 5.02 Å². The Morgan fingerprint density at radius 2 is 1.86 bits per heavy atom. The van der Waals surface area contributed by atoms with Crippen LogP contribution in [0.1, 0.15) is 63.4 Å². The highest BCUT2D eigenvalue weighted by Crippen LogP contribution is 2.28. The molecule has 9 nitrogen and oxygen atoms in total. The molecule has 0 spiro atoms. The Balaban J connectivity index is 1.66. The van der Waals surface area contributed by atoms with Crippen molar-refractivity contribution in [1.82, 2.24) is 25.1 Å². The van der Waals surface area contributed by atoms with Crippen molar-refractivity contribution in [2.24, 2.45) is 5.41 Å². The van der Waals surface area contributed by atoms with Gasteiger partial charge < -0.3 is 20.1 Å². The molecule has 1 aromatic heterocycles. The number of fused-ring (bicyclic) bond motifs is 1. The summed E-state index contributed by atoms with van der Waals surface area (Å²) in [6, 6.07) is 14.7. The van der Waals surface area contributed by atoms with Gasteiger partial charge in [-0.1, -0.05) is 38.4 Å². The fraction of sp³-hybridized carbons (Fsp3) is 0.455. The maximum atomic E-state index is 13.6. The smallest absolute Gasteiger partial charge is 0.264 e. The Morgan fingerprint density at radius 1 is 1.14 bits per heavy atom. The van der Waals surface area contributed by atoms with E-state index in [-0.39, 0.29) is 28.8 Å². The molecule has 0 saturated carbocycles. The van der Waals surface area contributed by atoms with Gasteiger partial charge in [0.05, 0.1) is 17.1 Å². The van der Waals surface area contributed by atoms with Crippen LogP contribution in [0.4, 0.5) is 5.95 Å². The predicted molar refractivity (Wildman–Crippen MR) is 172 cm³/mol. The minimum Gasteiger partial charge on any atom is -0.333 e. The van der Waals surface area contributed by atoms with E-state index >= 15 is 0 Å². The molecule has 0 aliphatic carbocycles. The molecule has 1 unspecified atom stereocenters. The van der Waals surface area contributed by atoms with Crippen molar-refractivity contribution in [1.29, 1.82) is 5.26 Å². The summed E-state index contributed by atoms with van der Waals surface area (Å²) < 4.78 is 1.97. The van der Waals surface area contributed by atoms with E-state index in [4.69, 9.17) is 16.6 Å². The van der Waals surface area contributed by atoms with Crippen LogP contribution in [0, 0.1) is 16.7 Å². The summed E-state index contributed by atoms with van der Waals surface area (Å²) in [4.78, 5) is 33.4. The van der Waals surface area contributed by atoms with Gasteiger partial charge in [-0.25, -0.2) is 4.98 Å². The van der Waals surface area contributed by atoms with E-state index in [1.54, 1.807) is 42.3 Å². The highest BCUT2D eigenvalue weighted by atomic mass is 35.5. The molecular weight excluding hydrogens is 562 g/mol. The van der Waals surface area contributed by atoms with Crippen molar-refractivity contribution in [2.75, 3.05) is 25.5 Å². The predicted octanol–water partition coefficient (Wildman–Crippen LogP) is 5.52. The summed E-state index contributed by atoms with van der Waals surface area (Å²) in [5, 5.41) is 20.0. The lowest BCUT2D eigenvalue weighted by Gasteiger charge is -2.27. The first kappa shape index (κ1) is 32.2. The maximum absolute atomic E-state index is 13.6. The molecule has 2 heterocycles. The van der Waals surface area contributed by atoms with Gasteiger partial charge in [-0.3, -0.25) is 14.9 Å². The largest absolute Gasteiger partial charge is 0.333 e. The zero-order chi connectivity index (χ0) is 31.4. The van der Waals surface area contributed by atoms with Gasteiger partial charge in [0.25, 0.3) is 11.8 Å². The van der Waals surface area contributed by atoms with Crippen LogP contribution in [0.5, 0.6) is 0 Å². The molecule has 0 radical (unpaired) electrons. The van der Waals surface area contributed by atoms with Gasteiger partial charge in [0.1, 0.15) is 11.6 Å². The van der Waals surface area contributed by atoms with E-state index in [9.17, 15) is 14.9 Å². The Labute approximate surface area is 259 Å². The summed E-state index contributed by atoms with van der Waals surface area (Å²) in [6.07, 6.45) is 3.29. The molecule has 4 rings (SSSR count). The number of carbonyl (C=O) groups excluding carboxylic acids is 2. The van der Waals surface area contributed by atoms with Crippen molar-refractivity contribution in [3.8, 4) is 6.07 Å². The van der Waals surface area contributed by atoms with Crippen LogP contribution in [0.3, 0.4) is 0 Å². The molecule has 2 aromatic carbocycles. The number of nitrogens with one attached hydrogen (secondary N) is 3. The molecule has 1 aliphatic rings. The molecule has 228 valence electrons. The molecule has 43 heavy (non-hydrogen) atoms. The van der Waals surface area contributed by atoms with E-state index in [1.807, 2.05) is 30.5 Å². The fourth-order valence-electron chi connectivity index (χ4n) is 5.16. The number of amides is 2. The molecule has 1 fully saturated rings. The number of halogens is 1. The number of hydrogen-bond donors (Lipinski definition) is 3. The highest BCUT2D eigenvalue weighted by molar-refractivity contribution is 6.30. The Hall–Kier alpha value is -3.71. The average Bonchev–Trinajstić information content (AvgIpc) is 3.55. The maximum Gasteiger partial charge on any atom is 0.264 e. The van der Waals surface area contributed by atoms with Crippen molar-refractivity contribution < 1.29 is 9.59 Å². The number of anilines is 1. The summed E-state index contributed by atoms with van der Waals surface area (Å²) in [5.41, 5.74) is 2.94. The number of hydrogen-bond acceptors (Lipinski definition) is 6. The number of carbonyl (C=O) groups is 2. The molecular formula is C33H42ClN7O2. The van der Waals surface area contributed by atoms with E-state index in [0.29, 0.717) is 36.2 Å². The number of benzene rings is 2. The molecule has 1 saturated heterocycles. The minimum atomic E-state index is -0.505. The number of nitriles is 1. The topological polar surface area (TPSA) is 115 Å². The average molecular weight is 604 g/mol. The molecule has 1 aliphatic heterocycles. The standard InChI is InChI=1S/C33H42ClN7O2/c1-32(2,3)21-37-19-22-9-14-28-27(16-22)38-31(39-29(42)23-10-12-25(34)13-11-23)41(28)20-26-8-7-15-40(26)30(43)24(18-35)17-33(4,5)36-6/h9-14,16-17,26,36-37H,7-8,15,19-21H2,1-6H3,(H,38,39,42)/b24-17+. The normalized spacial score (nSPS) is 16.0. The van der Waals surface area contributed by atoms with Gasteiger partial charge in [0.2, 0.25) is 5.95 Å². The van der Waals surface area contributed by atoms with Crippen LogP contribution < -0.4 is 16.0 Å². The second kappa shape index (κ2) is 13.3. The second-order valence-corrected chi connectivity index (χ2v) is 13.4. The van der Waals surface area contributed by atoms with Gasteiger partial charge >= 0.3 is 0 Å². The van der Waals surface area contributed by atoms with Gasteiger partial charge in [-0.15, -0.1) is 0 Å². The highest BCUT2D eigenvalue weighted by Gasteiger charge is 2.33. The quantitative estimate of drug-likeness (QED) is 0.208. The minimum absolute atomic E-state index is 0.116.